The fourth-order valence-corrected chi connectivity index (χ4v) is 3.55. The zero-order chi connectivity index (χ0) is 19.5. The van der Waals surface area contributed by atoms with Crippen molar-refractivity contribution in [3.63, 3.8) is 0 Å². The van der Waals surface area contributed by atoms with Gasteiger partial charge in [-0.3, -0.25) is 0 Å². The Morgan fingerprint density at radius 1 is 0.893 bits per heavy atom. The highest BCUT2D eigenvalue weighted by Crippen LogP contribution is 2.41. The van der Waals surface area contributed by atoms with Gasteiger partial charge in [-0.2, -0.15) is 0 Å². The summed E-state index contributed by atoms with van der Waals surface area (Å²) in [5.41, 5.74) is 6.92. The first-order chi connectivity index (χ1) is 13.6. The fourth-order valence-electron chi connectivity index (χ4n) is 3.24. The van der Waals surface area contributed by atoms with Crippen molar-refractivity contribution in [2.45, 2.75) is 20.4 Å². The fraction of sp³-hybridized carbons (Fsp3) is 0.125. The summed E-state index contributed by atoms with van der Waals surface area (Å²) in [7, 11) is 0. The SMILES string of the molecule is Cc1ccc(CNc2c(-c3c(C)cccc3Cl)noc2-c2ccccc2)cc1. The van der Waals surface area contributed by atoms with Crippen LogP contribution in [-0.4, -0.2) is 5.16 Å². The zero-order valence-electron chi connectivity index (χ0n) is 15.9. The molecule has 0 spiro atoms. The second-order valence-corrected chi connectivity index (χ2v) is 7.28. The maximum absolute atomic E-state index is 6.52. The molecule has 0 saturated heterocycles. The second-order valence-electron chi connectivity index (χ2n) is 6.87. The highest BCUT2D eigenvalue weighted by molar-refractivity contribution is 6.33. The minimum absolute atomic E-state index is 0.659. The van der Waals surface area contributed by atoms with Crippen LogP contribution in [0.3, 0.4) is 0 Å². The Bertz CT molecular complexity index is 1070. The Hall–Kier alpha value is -3.04. The van der Waals surface area contributed by atoms with Gasteiger partial charge in [0.05, 0.1) is 5.02 Å². The monoisotopic (exact) mass is 388 g/mol. The Morgan fingerprint density at radius 2 is 1.64 bits per heavy atom. The summed E-state index contributed by atoms with van der Waals surface area (Å²) in [6.07, 6.45) is 0. The molecule has 1 N–H and O–H groups in total. The standard InChI is InChI=1S/C24H21ClN2O/c1-16-11-13-18(14-12-16)15-26-23-22(21-17(2)7-6-10-20(21)25)27-28-24(23)19-8-4-3-5-9-19/h3-14,26H,15H2,1-2H3. The minimum atomic E-state index is 0.659. The number of benzene rings is 3. The van der Waals surface area contributed by atoms with E-state index in [1.807, 2.05) is 55.5 Å². The van der Waals surface area contributed by atoms with Crippen LogP contribution in [0.4, 0.5) is 5.69 Å². The van der Waals surface area contributed by atoms with Crippen LogP contribution in [0.5, 0.6) is 0 Å². The maximum Gasteiger partial charge on any atom is 0.190 e. The summed E-state index contributed by atoms with van der Waals surface area (Å²) in [5, 5.41) is 8.58. The lowest BCUT2D eigenvalue weighted by molar-refractivity contribution is 0.435. The Labute approximate surface area is 170 Å². The molecule has 0 radical (unpaired) electrons. The Kier molecular flexibility index (Phi) is 5.18. The van der Waals surface area contributed by atoms with Crippen LogP contribution in [0, 0.1) is 13.8 Å². The van der Waals surface area contributed by atoms with E-state index in [4.69, 9.17) is 16.1 Å². The van der Waals surface area contributed by atoms with Crippen LogP contribution in [-0.2, 0) is 6.54 Å². The molecule has 28 heavy (non-hydrogen) atoms. The van der Waals surface area contributed by atoms with Gasteiger partial charge >= 0.3 is 0 Å². The van der Waals surface area contributed by atoms with Crippen LogP contribution in [0.1, 0.15) is 16.7 Å². The molecular formula is C24H21ClN2O. The van der Waals surface area contributed by atoms with E-state index in [2.05, 4.69) is 41.7 Å². The number of hydrogen-bond donors (Lipinski definition) is 1. The molecule has 3 aromatic carbocycles. The summed E-state index contributed by atoms with van der Waals surface area (Å²) >= 11 is 6.52. The molecule has 1 heterocycles. The van der Waals surface area contributed by atoms with E-state index in [-0.39, 0.29) is 0 Å². The lowest BCUT2D eigenvalue weighted by Crippen LogP contribution is -2.01. The van der Waals surface area contributed by atoms with Crippen LogP contribution in [0.25, 0.3) is 22.6 Å². The van der Waals surface area contributed by atoms with Gasteiger partial charge in [-0.1, -0.05) is 89.1 Å². The first kappa shape index (κ1) is 18.3. The summed E-state index contributed by atoms with van der Waals surface area (Å²) in [4.78, 5) is 0. The maximum atomic E-state index is 6.52. The van der Waals surface area contributed by atoms with Gasteiger partial charge in [0.15, 0.2) is 5.76 Å². The van der Waals surface area contributed by atoms with Crippen molar-refractivity contribution in [3.05, 3.63) is 94.5 Å². The number of nitrogens with one attached hydrogen (secondary N) is 1. The molecule has 0 aliphatic carbocycles. The van der Waals surface area contributed by atoms with E-state index in [0.717, 1.165) is 28.1 Å². The topological polar surface area (TPSA) is 38.1 Å². The predicted octanol–water partition coefficient (Wildman–Crippen LogP) is 6.89. The molecule has 0 aliphatic rings. The van der Waals surface area contributed by atoms with Gasteiger partial charge in [0.25, 0.3) is 0 Å². The van der Waals surface area contributed by atoms with Gasteiger partial charge in [-0.05, 0) is 31.0 Å². The number of aromatic nitrogens is 1. The number of halogens is 1. The molecule has 0 fully saturated rings. The first-order valence-electron chi connectivity index (χ1n) is 9.23. The van der Waals surface area contributed by atoms with Gasteiger partial charge in [0, 0.05) is 17.7 Å². The molecule has 0 bridgehead atoms. The van der Waals surface area contributed by atoms with Crippen LogP contribution >= 0.6 is 11.6 Å². The first-order valence-corrected chi connectivity index (χ1v) is 9.61. The molecule has 0 atom stereocenters. The zero-order valence-corrected chi connectivity index (χ0v) is 16.6. The second kappa shape index (κ2) is 7.91. The van der Waals surface area contributed by atoms with Gasteiger partial charge in [-0.15, -0.1) is 0 Å². The number of anilines is 1. The van der Waals surface area contributed by atoms with Gasteiger partial charge in [0.1, 0.15) is 11.4 Å². The normalized spacial score (nSPS) is 10.8. The molecule has 4 rings (SSSR count). The van der Waals surface area contributed by atoms with Crippen molar-refractivity contribution in [3.8, 4) is 22.6 Å². The predicted molar refractivity (Wildman–Crippen MR) is 116 cm³/mol. The van der Waals surface area contributed by atoms with E-state index < -0.39 is 0 Å². The molecule has 1 aromatic heterocycles. The van der Waals surface area contributed by atoms with Crippen molar-refractivity contribution in [2.75, 3.05) is 5.32 Å². The van der Waals surface area contributed by atoms with Crippen LogP contribution < -0.4 is 5.32 Å². The largest absolute Gasteiger partial charge is 0.376 e. The van der Waals surface area contributed by atoms with Crippen molar-refractivity contribution in [1.82, 2.24) is 5.16 Å². The molecule has 4 aromatic rings. The number of rotatable bonds is 5. The molecular weight excluding hydrogens is 368 g/mol. The smallest absolute Gasteiger partial charge is 0.190 e. The quantitative estimate of drug-likeness (QED) is 0.404. The third kappa shape index (κ3) is 3.67. The summed E-state index contributed by atoms with van der Waals surface area (Å²) in [6.45, 7) is 4.78. The average molecular weight is 389 g/mol. The van der Waals surface area contributed by atoms with Crippen molar-refractivity contribution < 1.29 is 4.52 Å². The van der Waals surface area contributed by atoms with E-state index in [9.17, 15) is 0 Å². The third-order valence-corrected chi connectivity index (χ3v) is 5.09. The number of aryl methyl sites for hydroxylation is 2. The van der Waals surface area contributed by atoms with Crippen LogP contribution in [0.2, 0.25) is 5.02 Å². The third-order valence-electron chi connectivity index (χ3n) is 4.78. The van der Waals surface area contributed by atoms with Crippen LogP contribution in [0.15, 0.2) is 77.3 Å². The Morgan fingerprint density at radius 3 is 2.36 bits per heavy atom. The summed E-state index contributed by atoms with van der Waals surface area (Å²) < 4.78 is 5.78. The van der Waals surface area contributed by atoms with E-state index >= 15 is 0 Å². The number of hydrogen-bond acceptors (Lipinski definition) is 3. The van der Waals surface area contributed by atoms with Crippen molar-refractivity contribution >= 4 is 17.3 Å². The highest BCUT2D eigenvalue weighted by atomic mass is 35.5. The van der Waals surface area contributed by atoms with Gasteiger partial charge in [0.2, 0.25) is 0 Å². The minimum Gasteiger partial charge on any atom is -0.376 e. The molecule has 140 valence electrons. The van der Waals surface area contributed by atoms with E-state index in [0.29, 0.717) is 17.3 Å². The molecule has 0 saturated carbocycles. The summed E-state index contributed by atoms with van der Waals surface area (Å²) in [5.74, 6) is 0.710. The van der Waals surface area contributed by atoms with Gasteiger partial charge in [-0.25, -0.2) is 0 Å². The highest BCUT2D eigenvalue weighted by Gasteiger charge is 2.22. The number of nitrogens with zero attached hydrogens (tertiary/aromatic N) is 1. The molecule has 0 unspecified atom stereocenters. The summed E-state index contributed by atoms with van der Waals surface area (Å²) in [6, 6.07) is 24.3. The molecule has 0 aliphatic heterocycles. The molecule has 3 nitrogen and oxygen atoms in total. The van der Waals surface area contributed by atoms with Crippen molar-refractivity contribution in [1.29, 1.82) is 0 Å². The lowest BCUT2D eigenvalue weighted by Gasteiger charge is -2.11. The van der Waals surface area contributed by atoms with E-state index in [1.165, 1.54) is 11.1 Å². The molecule has 4 heteroatoms. The van der Waals surface area contributed by atoms with Crippen molar-refractivity contribution in [2.24, 2.45) is 0 Å². The van der Waals surface area contributed by atoms with E-state index in [1.54, 1.807) is 0 Å². The molecule has 0 amide bonds. The Balaban J connectivity index is 1.78. The lowest BCUT2D eigenvalue weighted by atomic mass is 10.0. The van der Waals surface area contributed by atoms with Gasteiger partial charge < -0.3 is 9.84 Å². The average Bonchev–Trinajstić information content (AvgIpc) is 3.12.